The summed E-state index contributed by atoms with van der Waals surface area (Å²) in [6.07, 6.45) is 1.14. The summed E-state index contributed by atoms with van der Waals surface area (Å²) in [5, 5.41) is 0. The van der Waals surface area contributed by atoms with Crippen molar-refractivity contribution in [2.24, 2.45) is 0 Å². The van der Waals surface area contributed by atoms with E-state index in [1.165, 1.54) is 0 Å². The topological polar surface area (TPSA) is 46.2 Å². The molecule has 0 amide bonds. The summed E-state index contributed by atoms with van der Waals surface area (Å²) < 4.78 is 22.5. The van der Waals surface area contributed by atoms with Gasteiger partial charge < -0.3 is 0 Å². The zero-order chi connectivity index (χ0) is 5.91. The molecule has 0 spiro atoms. The Balaban J connectivity index is -0.000000180. The van der Waals surface area contributed by atoms with Crippen LogP contribution in [-0.2, 0) is 10.0 Å². The molecule has 0 unspecified atom stereocenters. The summed E-state index contributed by atoms with van der Waals surface area (Å²) >= 11 is 0. The van der Waals surface area contributed by atoms with E-state index in [2.05, 4.69) is 4.72 Å². The maximum Gasteiger partial charge on any atom is 0.208 e. The average Bonchev–Trinajstić information content (AvgIpc) is 1.30. The molecule has 0 atom stereocenters. The summed E-state index contributed by atoms with van der Waals surface area (Å²) in [4.78, 5) is 0. The van der Waals surface area contributed by atoms with E-state index in [1.54, 1.807) is 6.92 Å². The monoisotopic (exact) mass is 155 g/mol. The van der Waals surface area contributed by atoms with Crippen LogP contribution >= 0.6 is 0 Å². The van der Waals surface area contributed by atoms with E-state index in [1.807, 2.05) is 0 Å². The van der Waals surface area contributed by atoms with Crippen molar-refractivity contribution < 1.29 is 8.42 Å². The van der Waals surface area contributed by atoms with Gasteiger partial charge in [0.1, 0.15) is 0 Å². The molecule has 0 aliphatic carbocycles. The van der Waals surface area contributed by atoms with Crippen LogP contribution < -0.4 is 4.72 Å². The van der Waals surface area contributed by atoms with Crippen LogP contribution in [0.2, 0.25) is 0 Å². The third kappa shape index (κ3) is 18.1. The second-order valence-corrected chi connectivity index (χ2v) is 3.10. The molecule has 60 valence electrons. The lowest BCUT2D eigenvalue weighted by Gasteiger charge is -1.91. The van der Waals surface area contributed by atoms with Crippen molar-refractivity contribution in [2.75, 3.05) is 12.8 Å². The number of nitrogens with one attached hydrogen (secondary N) is 1. The molecule has 0 bridgehead atoms. The molecule has 4 heteroatoms. The second-order valence-electron chi connectivity index (χ2n) is 1.27. The number of hydrogen-bond donors (Lipinski definition) is 1. The van der Waals surface area contributed by atoms with Crippen LogP contribution in [0, 0.1) is 0 Å². The maximum absolute atomic E-state index is 10.1. The summed E-state index contributed by atoms with van der Waals surface area (Å²) in [6, 6.07) is 0. The van der Waals surface area contributed by atoms with Crippen molar-refractivity contribution in [3.8, 4) is 0 Å². The van der Waals surface area contributed by atoms with Crippen LogP contribution in [0.25, 0.3) is 0 Å². The Morgan fingerprint density at radius 1 is 1.33 bits per heavy atom. The third-order valence-corrected chi connectivity index (χ3v) is 1.22. The van der Waals surface area contributed by atoms with Gasteiger partial charge in [0.05, 0.1) is 6.26 Å². The van der Waals surface area contributed by atoms with Gasteiger partial charge in [-0.15, -0.1) is 0 Å². The van der Waals surface area contributed by atoms with E-state index >= 15 is 0 Å². The molecule has 0 saturated heterocycles. The summed E-state index contributed by atoms with van der Waals surface area (Å²) in [7, 11) is -2.92. The van der Waals surface area contributed by atoms with Gasteiger partial charge in [-0.1, -0.05) is 21.8 Å². The van der Waals surface area contributed by atoms with Gasteiger partial charge >= 0.3 is 0 Å². The van der Waals surface area contributed by atoms with Crippen LogP contribution in [0.3, 0.4) is 0 Å². The Labute approximate surface area is 58.5 Å². The first-order valence-electron chi connectivity index (χ1n) is 2.01. The number of sulfonamides is 1. The lowest BCUT2D eigenvalue weighted by atomic mass is 10.8. The number of rotatable bonds is 2. The largest absolute Gasteiger partial charge is 0.216 e. The van der Waals surface area contributed by atoms with E-state index in [-0.39, 0.29) is 14.9 Å². The summed E-state index contributed by atoms with van der Waals surface area (Å²) in [6.45, 7) is 2.21. The van der Waals surface area contributed by atoms with Crippen molar-refractivity contribution in [1.82, 2.24) is 4.72 Å². The standard InChI is InChI=1S/C3H9NO2S.2CH4/c1-3-4-7(2,5)6;;/h4H,3H2,1-2H3;2*1H4. The first-order chi connectivity index (χ1) is 3.06. The van der Waals surface area contributed by atoms with E-state index in [0.29, 0.717) is 6.54 Å². The molecule has 0 aliphatic heterocycles. The van der Waals surface area contributed by atoms with Crippen molar-refractivity contribution >= 4 is 10.0 Å². The van der Waals surface area contributed by atoms with Crippen LogP contribution in [0.5, 0.6) is 0 Å². The fourth-order valence-electron chi connectivity index (χ4n) is 0.262. The van der Waals surface area contributed by atoms with Crippen LogP contribution in [0.1, 0.15) is 21.8 Å². The van der Waals surface area contributed by atoms with Gasteiger partial charge in [-0.2, -0.15) is 0 Å². The van der Waals surface area contributed by atoms with E-state index < -0.39 is 10.0 Å². The quantitative estimate of drug-likeness (QED) is 0.642. The van der Waals surface area contributed by atoms with Crippen molar-refractivity contribution in [3.63, 3.8) is 0 Å². The molecular formula is C5H17NO2S. The predicted octanol–water partition coefficient (Wildman–Crippen LogP) is 0.828. The highest BCUT2D eigenvalue weighted by molar-refractivity contribution is 7.88. The second kappa shape index (κ2) is 6.04. The summed E-state index contributed by atoms with van der Waals surface area (Å²) in [5.41, 5.74) is 0. The molecule has 0 rings (SSSR count). The molecule has 0 aliphatic rings. The van der Waals surface area contributed by atoms with Gasteiger partial charge in [0.2, 0.25) is 10.0 Å². The van der Waals surface area contributed by atoms with E-state index in [0.717, 1.165) is 6.26 Å². The normalized spacial score (nSPS) is 9.11. The van der Waals surface area contributed by atoms with Crippen molar-refractivity contribution in [1.29, 1.82) is 0 Å². The minimum absolute atomic E-state index is 0. The molecule has 0 heterocycles. The van der Waals surface area contributed by atoms with Crippen molar-refractivity contribution in [2.45, 2.75) is 21.8 Å². The van der Waals surface area contributed by atoms with Gasteiger partial charge in [0.15, 0.2) is 0 Å². The van der Waals surface area contributed by atoms with E-state index in [4.69, 9.17) is 0 Å². The van der Waals surface area contributed by atoms with Gasteiger partial charge in [-0.3, -0.25) is 0 Å². The molecule has 0 saturated carbocycles. The maximum atomic E-state index is 10.1. The molecule has 0 aromatic carbocycles. The Morgan fingerprint density at radius 2 is 1.67 bits per heavy atom. The van der Waals surface area contributed by atoms with Crippen LogP contribution in [0.4, 0.5) is 0 Å². The minimum atomic E-state index is -2.92. The smallest absolute Gasteiger partial charge is 0.208 e. The lowest BCUT2D eigenvalue weighted by molar-refractivity contribution is 0.590. The molecule has 9 heavy (non-hydrogen) atoms. The van der Waals surface area contributed by atoms with Gasteiger partial charge in [-0.05, 0) is 0 Å². The highest BCUT2D eigenvalue weighted by Gasteiger charge is 1.92. The SMILES string of the molecule is C.C.CCNS(C)(=O)=O. The highest BCUT2D eigenvalue weighted by atomic mass is 32.2. The fraction of sp³-hybridized carbons (Fsp3) is 1.00. The Hall–Kier alpha value is -0.0900. The highest BCUT2D eigenvalue weighted by Crippen LogP contribution is 1.67. The van der Waals surface area contributed by atoms with Crippen LogP contribution in [-0.4, -0.2) is 21.2 Å². The molecule has 0 radical (unpaired) electrons. The van der Waals surface area contributed by atoms with Crippen molar-refractivity contribution in [3.05, 3.63) is 0 Å². The lowest BCUT2D eigenvalue weighted by Crippen LogP contribution is -2.20. The first kappa shape index (κ1) is 16.0. The van der Waals surface area contributed by atoms with Gasteiger partial charge in [-0.25, -0.2) is 13.1 Å². The molecule has 3 nitrogen and oxygen atoms in total. The number of hydrogen-bond acceptors (Lipinski definition) is 2. The Morgan fingerprint density at radius 3 is 1.67 bits per heavy atom. The van der Waals surface area contributed by atoms with Gasteiger partial charge in [0, 0.05) is 6.54 Å². The average molecular weight is 155 g/mol. The third-order valence-electron chi connectivity index (χ3n) is 0.407. The zero-order valence-electron chi connectivity index (χ0n) is 4.43. The fourth-order valence-corrected chi connectivity index (χ4v) is 0.787. The molecular weight excluding hydrogens is 138 g/mol. The molecule has 0 fully saturated rings. The molecule has 1 N–H and O–H groups in total. The molecule has 0 aromatic rings. The predicted molar refractivity (Wildman–Crippen MR) is 42.0 cm³/mol. The summed E-state index contributed by atoms with van der Waals surface area (Å²) in [5.74, 6) is 0. The molecule has 0 aromatic heterocycles. The van der Waals surface area contributed by atoms with Crippen LogP contribution in [0.15, 0.2) is 0 Å². The Kier molecular flexibility index (Phi) is 10.7. The van der Waals surface area contributed by atoms with Gasteiger partial charge in [0.25, 0.3) is 0 Å². The minimum Gasteiger partial charge on any atom is -0.216 e. The first-order valence-corrected chi connectivity index (χ1v) is 3.90. The zero-order valence-corrected chi connectivity index (χ0v) is 5.25. The van der Waals surface area contributed by atoms with E-state index in [9.17, 15) is 8.42 Å². The Bertz CT molecular complexity index is 128.